The first-order valence-electron chi connectivity index (χ1n) is 6.95. The molecule has 2 N–H and O–H groups in total. The first-order chi connectivity index (χ1) is 10.6. The van der Waals surface area contributed by atoms with Gasteiger partial charge < -0.3 is 20.1 Å². The molecule has 0 unspecified atom stereocenters. The van der Waals surface area contributed by atoms with Crippen molar-refractivity contribution in [1.29, 1.82) is 0 Å². The quantitative estimate of drug-likeness (QED) is 0.861. The van der Waals surface area contributed by atoms with Gasteiger partial charge in [-0.05, 0) is 31.2 Å². The summed E-state index contributed by atoms with van der Waals surface area (Å²) < 4.78 is 10.4. The van der Waals surface area contributed by atoms with E-state index in [1.54, 1.807) is 20.3 Å². The number of carbonyl (C=O) groups excluding carboxylic acids is 1. The second-order valence-corrected chi connectivity index (χ2v) is 4.83. The van der Waals surface area contributed by atoms with Crippen molar-refractivity contribution in [3.8, 4) is 11.5 Å². The summed E-state index contributed by atoms with van der Waals surface area (Å²) in [5, 5.41) is 5.89. The van der Waals surface area contributed by atoms with Crippen molar-refractivity contribution in [2.75, 3.05) is 31.4 Å². The van der Waals surface area contributed by atoms with Gasteiger partial charge in [0.15, 0.2) is 0 Å². The van der Waals surface area contributed by atoms with E-state index in [4.69, 9.17) is 9.47 Å². The molecule has 0 saturated carbocycles. The maximum absolute atomic E-state index is 12.0. The standard InChI is InChI=1S/C17H20N2O3/c1-12-4-6-13(7-5-12)19-17(20)11-18-15-9-8-14(21-2)10-16(15)22-3/h4-10,18H,11H2,1-3H3,(H,19,20). The van der Waals surface area contributed by atoms with Crippen molar-refractivity contribution in [1.82, 2.24) is 0 Å². The summed E-state index contributed by atoms with van der Waals surface area (Å²) in [6, 6.07) is 13.0. The molecule has 5 heteroatoms. The van der Waals surface area contributed by atoms with E-state index < -0.39 is 0 Å². The van der Waals surface area contributed by atoms with E-state index in [9.17, 15) is 4.79 Å². The molecule has 0 heterocycles. The molecular formula is C17H20N2O3. The number of ether oxygens (including phenoxy) is 2. The highest BCUT2D eigenvalue weighted by Gasteiger charge is 2.07. The number of aryl methyl sites for hydroxylation is 1. The van der Waals surface area contributed by atoms with Gasteiger partial charge in [0.05, 0.1) is 26.5 Å². The van der Waals surface area contributed by atoms with Crippen LogP contribution in [0.3, 0.4) is 0 Å². The predicted molar refractivity (Wildman–Crippen MR) is 87.8 cm³/mol. The molecule has 2 aromatic rings. The van der Waals surface area contributed by atoms with Crippen LogP contribution in [-0.4, -0.2) is 26.7 Å². The van der Waals surface area contributed by atoms with Crippen molar-refractivity contribution in [3.05, 3.63) is 48.0 Å². The lowest BCUT2D eigenvalue weighted by atomic mass is 10.2. The lowest BCUT2D eigenvalue weighted by molar-refractivity contribution is -0.114. The van der Waals surface area contributed by atoms with Crippen molar-refractivity contribution in [2.45, 2.75) is 6.92 Å². The zero-order valence-corrected chi connectivity index (χ0v) is 13.0. The summed E-state index contributed by atoms with van der Waals surface area (Å²) in [5.74, 6) is 1.20. The molecule has 1 amide bonds. The van der Waals surface area contributed by atoms with Gasteiger partial charge in [-0.15, -0.1) is 0 Å². The second kappa shape index (κ2) is 7.36. The van der Waals surface area contributed by atoms with Gasteiger partial charge in [-0.25, -0.2) is 0 Å². The first kappa shape index (κ1) is 15.7. The SMILES string of the molecule is COc1ccc(NCC(=O)Nc2ccc(C)cc2)c(OC)c1. The molecule has 0 aromatic heterocycles. The van der Waals surface area contributed by atoms with E-state index in [0.29, 0.717) is 11.5 Å². The van der Waals surface area contributed by atoms with E-state index in [1.165, 1.54) is 0 Å². The Hall–Kier alpha value is -2.69. The van der Waals surface area contributed by atoms with Gasteiger partial charge in [-0.3, -0.25) is 4.79 Å². The average molecular weight is 300 g/mol. The number of carbonyl (C=O) groups is 1. The molecule has 22 heavy (non-hydrogen) atoms. The Morgan fingerprint density at radius 3 is 2.41 bits per heavy atom. The molecule has 0 bridgehead atoms. The number of hydrogen-bond donors (Lipinski definition) is 2. The second-order valence-electron chi connectivity index (χ2n) is 4.83. The Labute approximate surface area is 130 Å². The maximum atomic E-state index is 12.0. The average Bonchev–Trinajstić information content (AvgIpc) is 2.55. The zero-order valence-electron chi connectivity index (χ0n) is 13.0. The van der Waals surface area contributed by atoms with Crippen LogP contribution < -0.4 is 20.1 Å². The van der Waals surface area contributed by atoms with Crippen LogP contribution in [-0.2, 0) is 4.79 Å². The molecule has 2 aromatic carbocycles. The number of anilines is 2. The normalized spacial score (nSPS) is 9.95. The van der Waals surface area contributed by atoms with E-state index in [-0.39, 0.29) is 12.5 Å². The molecular weight excluding hydrogens is 280 g/mol. The van der Waals surface area contributed by atoms with Crippen LogP contribution in [0.1, 0.15) is 5.56 Å². The topological polar surface area (TPSA) is 59.6 Å². The fourth-order valence-corrected chi connectivity index (χ4v) is 1.96. The third-order valence-corrected chi connectivity index (χ3v) is 3.18. The molecule has 0 aliphatic rings. The molecule has 0 spiro atoms. The number of hydrogen-bond acceptors (Lipinski definition) is 4. The van der Waals surface area contributed by atoms with Crippen LogP contribution in [0.2, 0.25) is 0 Å². The molecule has 0 atom stereocenters. The highest BCUT2D eigenvalue weighted by Crippen LogP contribution is 2.28. The van der Waals surface area contributed by atoms with Crippen molar-refractivity contribution in [3.63, 3.8) is 0 Å². The van der Waals surface area contributed by atoms with Crippen LogP contribution in [0.4, 0.5) is 11.4 Å². The molecule has 0 aliphatic carbocycles. The summed E-state index contributed by atoms with van der Waals surface area (Å²) in [5.41, 5.74) is 2.67. The summed E-state index contributed by atoms with van der Waals surface area (Å²) >= 11 is 0. The molecule has 5 nitrogen and oxygen atoms in total. The molecule has 116 valence electrons. The van der Waals surface area contributed by atoms with E-state index in [0.717, 1.165) is 16.9 Å². The highest BCUT2D eigenvalue weighted by atomic mass is 16.5. The molecule has 0 radical (unpaired) electrons. The third kappa shape index (κ3) is 4.15. The summed E-state index contributed by atoms with van der Waals surface area (Å²) in [4.78, 5) is 12.0. The number of benzene rings is 2. The zero-order chi connectivity index (χ0) is 15.9. The van der Waals surface area contributed by atoms with Crippen LogP contribution in [0.5, 0.6) is 11.5 Å². The minimum absolute atomic E-state index is 0.123. The number of rotatable bonds is 6. The molecule has 2 rings (SSSR count). The van der Waals surface area contributed by atoms with Gasteiger partial charge in [0.2, 0.25) is 5.91 Å². The minimum Gasteiger partial charge on any atom is -0.497 e. The fraction of sp³-hybridized carbons (Fsp3) is 0.235. The van der Waals surface area contributed by atoms with Crippen LogP contribution in [0, 0.1) is 6.92 Å². The van der Waals surface area contributed by atoms with Gasteiger partial charge >= 0.3 is 0 Å². The van der Waals surface area contributed by atoms with Crippen LogP contribution in [0.15, 0.2) is 42.5 Å². The first-order valence-corrected chi connectivity index (χ1v) is 6.95. The van der Waals surface area contributed by atoms with E-state index >= 15 is 0 Å². The van der Waals surface area contributed by atoms with E-state index in [1.807, 2.05) is 43.3 Å². The summed E-state index contributed by atoms with van der Waals surface area (Å²) in [7, 11) is 3.17. The third-order valence-electron chi connectivity index (χ3n) is 3.18. The largest absolute Gasteiger partial charge is 0.497 e. The van der Waals surface area contributed by atoms with E-state index in [2.05, 4.69) is 10.6 Å². The number of methoxy groups -OCH3 is 2. The lowest BCUT2D eigenvalue weighted by Crippen LogP contribution is -2.21. The maximum Gasteiger partial charge on any atom is 0.243 e. The Kier molecular flexibility index (Phi) is 5.25. The fourth-order valence-electron chi connectivity index (χ4n) is 1.96. The monoisotopic (exact) mass is 300 g/mol. The van der Waals surface area contributed by atoms with Gasteiger partial charge in [-0.2, -0.15) is 0 Å². The van der Waals surface area contributed by atoms with Gasteiger partial charge in [0.25, 0.3) is 0 Å². The number of nitrogens with one attached hydrogen (secondary N) is 2. The predicted octanol–water partition coefficient (Wildman–Crippen LogP) is 3.06. The van der Waals surface area contributed by atoms with Crippen molar-refractivity contribution >= 4 is 17.3 Å². The highest BCUT2D eigenvalue weighted by molar-refractivity contribution is 5.93. The minimum atomic E-state index is -0.123. The number of amides is 1. The van der Waals surface area contributed by atoms with Gasteiger partial charge in [0.1, 0.15) is 11.5 Å². The van der Waals surface area contributed by atoms with Gasteiger partial charge in [-0.1, -0.05) is 17.7 Å². The Balaban J connectivity index is 1.94. The van der Waals surface area contributed by atoms with Gasteiger partial charge in [0, 0.05) is 11.8 Å². The Morgan fingerprint density at radius 1 is 1.05 bits per heavy atom. The lowest BCUT2D eigenvalue weighted by Gasteiger charge is -2.12. The summed E-state index contributed by atoms with van der Waals surface area (Å²) in [6.45, 7) is 2.15. The van der Waals surface area contributed by atoms with Crippen LogP contribution in [0.25, 0.3) is 0 Å². The summed E-state index contributed by atoms with van der Waals surface area (Å²) in [6.07, 6.45) is 0. The van der Waals surface area contributed by atoms with Crippen molar-refractivity contribution < 1.29 is 14.3 Å². The Bertz CT molecular complexity index is 639. The molecule has 0 aliphatic heterocycles. The molecule has 0 saturated heterocycles. The van der Waals surface area contributed by atoms with Crippen molar-refractivity contribution in [2.24, 2.45) is 0 Å². The smallest absolute Gasteiger partial charge is 0.243 e. The molecule has 0 fully saturated rings. The van der Waals surface area contributed by atoms with Crippen LogP contribution >= 0.6 is 0 Å². The Morgan fingerprint density at radius 2 is 1.77 bits per heavy atom.